The molecule has 1 aliphatic rings. The second-order valence-electron chi connectivity index (χ2n) is 9.25. The van der Waals surface area contributed by atoms with E-state index < -0.39 is 16.0 Å². The van der Waals surface area contributed by atoms with Gasteiger partial charge in [0.05, 0.1) is 18.5 Å². The number of carboxylic acids is 1. The summed E-state index contributed by atoms with van der Waals surface area (Å²) in [6, 6.07) is 9.11. The van der Waals surface area contributed by atoms with Crippen LogP contribution in [0, 0.1) is 0 Å². The summed E-state index contributed by atoms with van der Waals surface area (Å²) in [6.45, 7) is 8.74. The molecule has 9 heteroatoms. The molecule has 198 valence electrons. The third-order valence-corrected chi connectivity index (χ3v) is 8.32. The molecule has 8 nitrogen and oxygen atoms in total. The fourth-order valence-electron chi connectivity index (χ4n) is 4.91. The van der Waals surface area contributed by atoms with Gasteiger partial charge < -0.3 is 20.1 Å². The molecule has 0 aromatic heterocycles. The van der Waals surface area contributed by atoms with Crippen molar-refractivity contribution in [2.24, 2.45) is 0 Å². The molecule has 1 unspecified atom stereocenters. The van der Waals surface area contributed by atoms with E-state index in [9.17, 15) is 18.3 Å². The first-order valence-electron chi connectivity index (χ1n) is 12.8. The molecule has 1 aliphatic heterocycles. The maximum Gasteiger partial charge on any atom is 0.341 e. The normalized spacial score (nSPS) is 16.5. The number of anilines is 2. The van der Waals surface area contributed by atoms with Crippen LogP contribution < -0.4 is 14.8 Å². The highest BCUT2D eigenvalue weighted by atomic mass is 32.2. The fraction of sp³-hybridized carbons (Fsp3) is 0.519. The van der Waals surface area contributed by atoms with Gasteiger partial charge in [0.1, 0.15) is 16.2 Å². The number of likely N-dealkylation sites (tertiary alicyclic amines) is 1. The Labute approximate surface area is 215 Å². The molecule has 0 radical (unpaired) electrons. The number of nitrogens with zero attached hydrogens (tertiary/aromatic N) is 1. The summed E-state index contributed by atoms with van der Waals surface area (Å²) in [5, 5.41) is 13.3. The second kappa shape index (κ2) is 12.5. The van der Waals surface area contributed by atoms with Crippen molar-refractivity contribution in [3.8, 4) is 5.75 Å². The number of hydrogen-bond acceptors (Lipinski definition) is 6. The zero-order valence-corrected chi connectivity index (χ0v) is 22.6. The van der Waals surface area contributed by atoms with Crippen molar-refractivity contribution in [1.82, 2.24) is 4.90 Å². The minimum Gasteiger partial charge on any atom is -0.495 e. The van der Waals surface area contributed by atoms with Gasteiger partial charge in [-0.3, -0.25) is 4.72 Å². The number of aromatic carboxylic acids is 1. The van der Waals surface area contributed by atoms with Gasteiger partial charge >= 0.3 is 5.97 Å². The summed E-state index contributed by atoms with van der Waals surface area (Å²) < 4.78 is 35.1. The van der Waals surface area contributed by atoms with Crippen LogP contribution in [0.5, 0.6) is 5.75 Å². The average Bonchev–Trinajstić information content (AvgIpc) is 2.86. The fourth-order valence-corrected chi connectivity index (χ4v) is 6.21. The molecule has 1 heterocycles. The summed E-state index contributed by atoms with van der Waals surface area (Å²) in [5.74, 6) is -1.06. The second-order valence-corrected chi connectivity index (χ2v) is 10.9. The van der Waals surface area contributed by atoms with E-state index >= 15 is 0 Å². The number of para-hydroxylation sites is 1. The number of hydrogen-bond donors (Lipinski definition) is 3. The number of carboxylic acid groups (broad SMARTS) is 1. The van der Waals surface area contributed by atoms with Gasteiger partial charge in [0, 0.05) is 19.1 Å². The highest BCUT2D eigenvalue weighted by molar-refractivity contribution is 7.93. The van der Waals surface area contributed by atoms with Gasteiger partial charge in [-0.05, 0) is 68.8 Å². The van der Waals surface area contributed by atoms with E-state index in [1.807, 2.05) is 19.9 Å². The maximum atomic E-state index is 13.5. The third-order valence-electron chi connectivity index (χ3n) is 6.91. The quantitative estimate of drug-likeness (QED) is 0.340. The lowest BCUT2D eigenvalue weighted by molar-refractivity contribution is 0.0694. The summed E-state index contributed by atoms with van der Waals surface area (Å²) in [7, 11) is -2.69. The van der Waals surface area contributed by atoms with E-state index in [0.29, 0.717) is 36.7 Å². The number of piperidine rings is 1. The van der Waals surface area contributed by atoms with E-state index in [0.717, 1.165) is 25.1 Å². The van der Waals surface area contributed by atoms with Crippen molar-refractivity contribution in [3.63, 3.8) is 0 Å². The lowest BCUT2D eigenvalue weighted by Gasteiger charge is -2.33. The van der Waals surface area contributed by atoms with Crippen molar-refractivity contribution >= 4 is 27.4 Å². The Morgan fingerprint density at radius 1 is 1.17 bits per heavy atom. The first-order valence-corrected chi connectivity index (χ1v) is 14.3. The molecule has 2 aromatic carbocycles. The van der Waals surface area contributed by atoms with Gasteiger partial charge in [-0.25, -0.2) is 13.2 Å². The molecule has 0 bridgehead atoms. The topological polar surface area (TPSA) is 108 Å². The van der Waals surface area contributed by atoms with E-state index in [1.54, 1.807) is 18.2 Å². The molecular weight excluding hydrogens is 478 g/mol. The highest BCUT2D eigenvalue weighted by Crippen LogP contribution is 2.37. The first-order chi connectivity index (χ1) is 17.2. The van der Waals surface area contributed by atoms with Crippen LogP contribution in [0.4, 0.5) is 11.4 Å². The van der Waals surface area contributed by atoms with E-state index in [1.165, 1.54) is 32.4 Å². The summed E-state index contributed by atoms with van der Waals surface area (Å²) >= 11 is 0. The SMILES string of the molecule is CCc1cc(CC)c(OC)c(C(=O)O)c1NS(=O)(=O)c1ccccc1NCCCN1CCCCC1C. The molecular formula is C27H39N3O5S. The number of carbonyl (C=O) groups is 1. The van der Waals surface area contributed by atoms with Gasteiger partial charge in [0.15, 0.2) is 0 Å². The monoisotopic (exact) mass is 517 g/mol. The summed E-state index contributed by atoms with van der Waals surface area (Å²) in [6.07, 6.45) is 5.65. The molecule has 0 aliphatic carbocycles. The summed E-state index contributed by atoms with van der Waals surface area (Å²) in [5.41, 5.74) is 1.70. The van der Waals surface area contributed by atoms with Crippen LogP contribution in [0.15, 0.2) is 35.2 Å². The standard InChI is InChI=1S/C27H39N3O5S/c1-5-20-18-21(6-2)26(35-4)24(27(31)32)25(20)29-36(33,34)23-14-8-7-13-22(23)28-15-11-17-30-16-10-9-12-19(30)3/h7-8,13-14,18-19,28-29H,5-6,9-12,15-17H2,1-4H3,(H,31,32). The minimum atomic E-state index is -4.09. The molecule has 1 fully saturated rings. The van der Waals surface area contributed by atoms with Gasteiger partial charge in [0.2, 0.25) is 0 Å². The van der Waals surface area contributed by atoms with Crippen molar-refractivity contribution in [2.75, 3.05) is 36.8 Å². The van der Waals surface area contributed by atoms with E-state index in [4.69, 9.17) is 4.74 Å². The van der Waals surface area contributed by atoms with E-state index in [2.05, 4.69) is 21.9 Å². The van der Waals surface area contributed by atoms with Crippen LogP contribution >= 0.6 is 0 Å². The number of rotatable bonds is 12. The Kier molecular flexibility index (Phi) is 9.62. The largest absolute Gasteiger partial charge is 0.495 e. The molecule has 3 rings (SSSR count). The predicted molar refractivity (Wildman–Crippen MR) is 144 cm³/mol. The summed E-state index contributed by atoms with van der Waals surface area (Å²) in [4.78, 5) is 14.8. The van der Waals surface area contributed by atoms with Crippen LogP contribution in [0.1, 0.15) is 67.9 Å². The molecule has 2 aromatic rings. The number of methoxy groups -OCH3 is 1. The molecule has 0 amide bonds. The number of benzene rings is 2. The van der Waals surface area contributed by atoms with Gasteiger partial charge in [-0.2, -0.15) is 0 Å². The molecule has 1 saturated heterocycles. The van der Waals surface area contributed by atoms with Crippen LogP contribution in [0.3, 0.4) is 0 Å². The predicted octanol–water partition coefficient (Wildman–Crippen LogP) is 5.00. The van der Waals surface area contributed by atoms with Crippen LogP contribution in [-0.4, -0.2) is 57.2 Å². The number of nitrogens with one attached hydrogen (secondary N) is 2. The zero-order valence-electron chi connectivity index (χ0n) is 21.8. The minimum absolute atomic E-state index is 0.0490. The first kappa shape index (κ1) is 27.8. The van der Waals surface area contributed by atoms with E-state index in [-0.39, 0.29) is 21.9 Å². The van der Waals surface area contributed by atoms with Gasteiger partial charge in [0.25, 0.3) is 10.0 Å². The average molecular weight is 518 g/mol. The van der Waals surface area contributed by atoms with Crippen LogP contribution in [0.25, 0.3) is 0 Å². The maximum absolute atomic E-state index is 13.5. The Morgan fingerprint density at radius 2 is 1.89 bits per heavy atom. The smallest absolute Gasteiger partial charge is 0.341 e. The third kappa shape index (κ3) is 6.31. The van der Waals surface area contributed by atoms with Crippen molar-refractivity contribution < 1.29 is 23.1 Å². The molecule has 1 atom stereocenters. The van der Waals surface area contributed by atoms with Crippen LogP contribution in [0.2, 0.25) is 0 Å². The van der Waals surface area contributed by atoms with Gasteiger partial charge in [-0.15, -0.1) is 0 Å². The van der Waals surface area contributed by atoms with Crippen LogP contribution in [-0.2, 0) is 22.9 Å². The molecule has 36 heavy (non-hydrogen) atoms. The van der Waals surface area contributed by atoms with Gasteiger partial charge in [-0.1, -0.05) is 38.5 Å². The Hall–Kier alpha value is -2.78. The molecule has 3 N–H and O–H groups in total. The molecule has 0 saturated carbocycles. The Bertz CT molecular complexity index is 1170. The Morgan fingerprint density at radius 3 is 2.53 bits per heavy atom. The zero-order chi connectivity index (χ0) is 26.3. The number of aryl methyl sites for hydroxylation is 2. The van der Waals surface area contributed by atoms with Crippen molar-refractivity contribution in [3.05, 3.63) is 47.0 Å². The number of sulfonamides is 1. The van der Waals surface area contributed by atoms with Crippen molar-refractivity contribution in [1.29, 1.82) is 0 Å². The highest BCUT2D eigenvalue weighted by Gasteiger charge is 2.28. The Balaban J connectivity index is 1.85. The van der Waals surface area contributed by atoms with Crippen molar-refractivity contribution in [2.45, 2.75) is 70.2 Å². The molecule has 0 spiro atoms. The lowest BCUT2D eigenvalue weighted by atomic mass is 9.98. The lowest BCUT2D eigenvalue weighted by Crippen LogP contribution is -2.38. The number of ether oxygens (including phenoxy) is 1.